The van der Waals surface area contributed by atoms with Gasteiger partial charge >= 0.3 is 0 Å². The number of likely N-dealkylation sites (tertiary alicyclic amines) is 1. The molecular weight excluding hydrogens is 240 g/mol. The molecule has 2 rings (SSSR count). The highest BCUT2D eigenvalue weighted by atomic mass is 16.3. The van der Waals surface area contributed by atoms with Crippen molar-refractivity contribution >= 4 is 11.6 Å². The zero-order valence-corrected chi connectivity index (χ0v) is 11.6. The lowest BCUT2D eigenvalue weighted by atomic mass is 9.94. The zero-order valence-electron chi connectivity index (χ0n) is 11.6. The van der Waals surface area contributed by atoms with Crippen molar-refractivity contribution in [1.29, 1.82) is 0 Å². The Hall–Kier alpha value is -1.55. The van der Waals surface area contributed by atoms with Gasteiger partial charge in [0.1, 0.15) is 0 Å². The number of hydrogen-bond donors (Lipinski definition) is 2. The van der Waals surface area contributed by atoms with E-state index >= 15 is 0 Å². The first-order chi connectivity index (χ1) is 9.03. The van der Waals surface area contributed by atoms with Crippen molar-refractivity contribution in [1.82, 2.24) is 4.90 Å². The molecule has 104 valence electrons. The molecule has 4 heteroatoms. The summed E-state index contributed by atoms with van der Waals surface area (Å²) in [4.78, 5) is 14.3. The minimum absolute atomic E-state index is 0.00322. The van der Waals surface area contributed by atoms with Gasteiger partial charge < -0.3 is 15.3 Å². The van der Waals surface area contributed by atoms with Gasteiger partial charge in [-0.1, -0.05) is 12.1 Å². The molecule has 1 aromatic carbocycles. The van der Waals surface area contributed by atoms with Crippen LogP contribution in [0.2, 0.25) is 0 Å². The summed E-state index contributed by atoms with van der Waals surface area (Å²) in [5.74, 6) is -0.00322. The summed E-state index contributed by atoms with van der Waals surface area (Å²) < 4.78 is 0. The maximum absolute atomic E-state index is 12.6. The van der Waals surface area contributed by atoms with E-state index in [0.717, 1.165) is 31.6 Å². The molecule has 1 heterocycles. The van der Waals surface area contributed by atoms with Crippen molar-refractivity contribution < 1.29 is 9.90 Å². The van der Waals surface area contributed by atoms with Gasteiger partial charge in [0.05, 0.1) is 11.2 Å². The molecule has 0 saturated carbocycles. The number of hydrogen-bond acceptors (Lipinski definition) is 3. The molecule has 0 aliphatic carbocycles. The van der Waals surface area contributed by atoms with E-state index in [9.17, 15) is 9.90 Å². The lowest BCUT2D eigenvalue weighted by Gasteiger charge is -2.37. The highest BCUT2D eigenvalue weighted by molar-refractivity contribution is 5.99. The van der Waals surface area contributed by atoms with Crippen LogP contribution in [0.1, 0.15) is 37.0 Å². The van der Waals surface area contributed by atoms with Crippen molar-refractivity contribution in [3.63, 3.8) is 0 Å². The molecule has 0 aromatic heterocycles. The maximum Gasteiger partial charge on any atom is 0.256 e. The van der Waals surface area contributed by atoms with Gasteiger partial charge in [0, 0.05) is 25.3 Å². The highest BCUT2D eigenvalue weighted by Gasteiger charge is 2.31. The Morgan fingerprint density at radius 1 is 1.47 bits per heavy atom. The maximum atomic E-state index is 12.6. The first kappa shape index (κ1) is 13.9. The zero-order chi connectivity index (χ0) is 13.9. The lowest BCUT2D eigenvalue weighted by molar-refractivity contribution is -0.0107. The molecule has 1 aromatic rings. The van der Waals surface area contributed by atoms with E-state index in [2.05, 4.69) is 5.32 Å². The summed E-state index contributed by atoms with van der Waals surface area (Å²) in [6.45, 7) is 5.71. The Kier molecular flexibility index (Phi) is 4.10. The van der Waals surface area contributed by atoms with Gasteiger partial charge in [0.2, 0.25) is 0 Å². The molecule has 1 amide bonds. The summed E-state index contributed by atoms with van der Waals surface area (Å²) in [6, 6.07) is 7.54. The van der Waals surface area contributed by atoms with Crippen LogP contribution >= 0.6 is 0 Å². The van der Waals surface area contributed by atoms with Crippen molar-refractivity contribution in [3.05, 3.63) is 29.8 Å². The van der Waals surface area contributed by atoms with Gasteiger partial charge in [-0.15, -0.1) is 0 Å². The molecule has 4 nitrogen and oxygen atoms in total. The Morgan fingerprint density at radius 2 is 2.21 bits per heavy atom. The average Bonchev–Trinajstić information content (AvgIpc) is 2.38. The highest BCUT2D eigenvalue weighted by Crippen LogP contribution is 2.24. The van der Waals surface area contributed by atoms with Crippen LogP contribution in [0.5, 0.6) is 0 Å². The second-order valence-electron chi connectivity index (χ2n) is 5.40. The Balaban J connectivity index is 2.19. The molecule has 0 bridgehead atoms. The van der Waals surface area contributed by atoms with Crippen LogP contribution in [-0.4, -0.2) is 41.1 Å². The minimum atomic E-state index is -0.763. The van der Waals surface area contributed by atoms with E-state index in [0.29, 0.717) is 12.1 Å². The normalized spacial score (nSPS) is 23.2. The van der Waals surface area contributed by atoms with Crippen molar-refractivity contribution in [2.75, 3.05) is 25.0 Å². The van der Waals surface area contributed by atoms with Crippen LogP contribution in [0.25, 0.3) is 0 Å². The van der Waals surface area contributed by atoms with Crippen LogP contribution in [0.15, 0.2) is 24.3 Å². The number of carbonyl (C=O) groups excluding carboxylic acids is 1. The fraction of sp³-hybridized carbons (Fsp3) is 0.533. The largest absolute Gasteiger partial charge is 0.388 e. The summed E-state index contributed by atoms with van der Waals surface area (Å²) in [5.41, 5.74) is 0.781. The minimum Gasteiger partial charge on any atom is -0.388 e. The number of para-hydroxylation sites is 1. The first-order valence-corrected chi connectivity index (χ1v) is 6.88. The second kappa shape index (κ2) is 5.61. The summed E-state index contributed by atoms with van der Waals surface area (Å²) in [6.07, 6.45) is 1.60. The predicted octanol–water partition coefficient (Wildman–Crippen LogP) is 2.11. The third kappa shape index (κ3) is 3.26. The smallest absolute Gasteiger partial charge is 0.256 e. The van der Waals surface area contributed by atoms with Gasteiger partial charge in [0.25, 0.3) is 5.91 Å². The molecular formula is C15H22N2O2. The van der Waals surface area contributed by atoms with Crippen LogP contribution < -0.4 is 5.32 Å². The van der Waals surface area contributed by atoms with Crippen molar-refractivity contribution in [3.8, 4) is 0 Å². The fourth-order valence-electron chi connectivity index (χ4n) is 2.58. The Bertz CT molecular complexity index is 457. The van der Waals surface area contributed by atoms with Gasteiger partial charge in [-0.2, -0.15) is 0 Å². The molecule has 0 radical (unpaired) electrons. The number of nitrogens with one attached hydrogen (secondary N) is 1. The average molecular weight is 262 g/mol. The SMILES string of the molecule is CCNc1ccccc1C(=O)N1CCCC(C)(O)C1. The van der Waals surface area contributed by atoms with E-state index in [-0.39, 0.29) is 5.91 Å². The number of β-amino-alcohol motifs (C(OH)–C–C–N with tert-alkyl or cyclic N) is 1. The number of amides is 1. The number of aliphatic hydroxyl groups is 1. The molecule has 1 aliphatic heterocycles. The van der Waals surface area contributed by atoms with E-state index in [1.165, 1.54) is 0 Å². The number of anilines is 1. The van der Waals surface area contributed by atoms with Crippen molar-refractivity contribution in [2.45, 2.75) is 32.3 Å². The van der Waals surface area contributed by atoms with Crippen LogP contribution in [-0.2, 0) is 0 Å². The Morgan fingerprint density at radius 3 is 2.89 bits per heavy atom. The van der Waals surface area contributed by atoms with Gasteiger partial charge in [-0.25, -0.2) is 0 Å². The molecule has 0 spiro atoms. The number of piperidine rings is 1. The van der Waals surface area contributed by atoms with E-state index < -0.39 is 5.60 Å². The topological polar surface area (TPSA) is 52.6 Å². The second-order valence-corrected chi connectivity index (χ2v) is 5.40. The fourth-order valence-corrected chi connectivity index (χ4v) is 2.58. The first-order valence-electron chi connectivity index (χ1n) is 6.88. The Labute approximate surface area is 114 Å². The molecule has 1 atom stereocenters. The van der Waals surface area contributed by atoms with Crippen molar-refractivity contribution in [2.24, 2.45) is 0 Å². The number of rotatable bonds is 3. The molecule has 1 fully saturated rings. The quantitative estimate of drug-likeness (QED) is 0.877. The monoisotopic (exact) mass is 262 g/mol. The van der Waals surface area contributed by atoms with Crippen LogP contribution in [0.3, 0.4) is 0 Å². The van der Waals surface area contributed by atoms with Gasteiger partial charge in [-0.3, -0.25) is 4.79 Å². The summed E-state index contributed by atoms with van der Waals surface area (Å²) in [7, 11) is 0. The third-order valence-corrected chi connectivity index (χ3v) is 3.49. The standard InChI is InChI=1S/C15H22N2O2/c1-3-16-13-8-5-4-7-12(13)14(18)17-10-6-9-15(2,19)11-17/h4-5,7-8,16,19H,3,6,9-11H2,1-2H3. The lowest BCUT2D eigenvalue weighted by Crippen LogP contribution is -2.48. The molecule has 1 unspecified atom stereocenters. The summed E-state index contributed by atoms with van der Waals surface area (Å²) in [5, 5.41) is 13.3. The van der Waals surface area contributed by atoms with Crippen LogP contribution in [0, 0.1) is 0 Å². The molecule has 1 aliphatic rings. The number of benzene rings is 1. The molecule has 1 saturated heterocycles. The van der Waals surface area contributed by atoms with E-state index in [4.69, 9.17) is 0 Å². The van der Waals surface area contributed by atoms with Gasteiger partial charge in [-0.05, 0) is 38.8 Å². The third-order valence-electron chi connectivity index (χ3n) is 3.49. The van der Waals surface area contributed by atoms with E-state index in [1.807, 2.05) is 31.2 Å². The van der Waals surface area contributed by atoms with Gasteiger partial charge in [0.15, 0.2) is 0 Å². The predicted molar refractivity (Wildman–Crippen MR) is 76.4 cm³/mol. The molecule has 2 N–H and O–H groups in total. The number of carbonyl (C=O) groups is 1. The van der Waals surface area contributed by atoms with E-state index in [1.54, 1.807) is 11.8 Å². The molecule has 19 heavy (non-hydrogen) atoms. The summed E-state index contributed by atoms with van der Waals surface area (Å²) >= 11 is 0. The van der Waals surface area contributed by atoms with Crippen LogP contribution in [0.4, 0.5) is 5.69 Å². The number of nitrogens with zero attached hydrogens (tertiary/aromatic N) is 1.